The van der Waals surface area contributed by atoms with E-state index in [1.165, 1.54) is 7.11 Å². The standard InChI is InChI=1S/C12H16N2O2/c1-3-4-8-14-12(15)9-6-5-7-10(13)11(9)16-2/h3,5-7H,1,4,8,13H2,2H3,(H,14,15). The summed E-state index contributed by atoms with van der Waals surface area (Å²) < 4.78 is 5.10. The zero-order valence-corrected chi connectivity index (χ0v) is 9.32. The second kappa shape index (κ2) is 5.80. The minimum absolute atomic E-state index is 0.189. The Kier molecular flexibility index (Phi) is 4.39. The first-order chi connectivity index (χ1) is 7.70. The largest absolute Gasteiger partial charge is 0.494 e. The first kappa shape index (κ1) is 12.1. The Bertz CT molecular complexity index is 389. The molecule has 0 saturated heterocycles. The number of carbonyl (C=O) groups excluding carboxylic acids is 1. The van der Waals surface area contributed by atoms with Crippen molar-refractivity contribution >= 4 is 11.6 Å². The molecule has 0 aromatic heterocycles. The van der Waals surface area contributed by atoms with Crippen molar-refractivity contribution in [1.29, 1.82) is 0 Å². The number of nitrogens with two attached hydrogens (primary N) is 1. The van der Waals surface area contributed by atoms with E-state index in [9.17, 15) is 4.79 Å². The lowest BCUT2D eigenvalue weighted by atomic mass is 10.1. The number of benzene rings is 1. The summed E-state index contributed by atoms with van der Waals surface area (Å²) in [7, 11) is 1.49. The fraction of sp³-hybridized carbons (Fsp3) is 0.250. The number of hydrogen-bond donors (Lipinski definition) is 2. The number of ether oxygens (including phenoxy) is 1. The topological polar surface area (TPSA) is 64.4 Å². The van der Waals surface area contributed by atoms with Crippen LogP contribution in [0.25, 0.3) is 0 Å². The normalized spacial score (nSPS) is 9.56. The van der Waals surface area contributed by atoms with Gasteiger partial charge in [0.05, 0.1) is 18.4 Å². The summed E-state index contributed by atoms with van der Waals surface area (Å²) in [4.78, 5) is 11.8. The van der Waals surface area contributed by atoms with Gasteiger partial charge in [-0.25, -0.2) is 0 Å². The minimum atomic E-state index is -0.189. The maximum Gasteiger partial charge on any atom is 0.255 e. The predicted molar refractivity (Wildman–Crippen MR) is 64.6 cm³/mol. The van der Waals surface area contributed by atoms with E-state index in [0.29, 0.717) is 23.5 Å². The van der Waals surface area contributed by atoms with Crippen LogP contribution in [0.3, 0.4) is 0 Å². The molecule has 0 bridgehead atoms. The zero-order chi connectivity index (χ0) is 12.0. The third-order valence-electron chi connectivity index (χ3n) is 2.13. The van der Waals surface area contributed by atoms with Gasteiger partial charge in [-0.1, -0.05) is 12.1 Å². The second-order valence-electron chi connectivity index (χ2n) is 3.26. The molecule has 16 heavy (non-hydrogen) atoms. The fourth-order valence-corrected chi connectivity index (χ4v) is 1.34. The molecule has 0 spiro atoms. The van der Waals surface area contributed by atoms with Gasteiger partial charge in [-0.2, -0.15) is 0 Å². The summed E-state index contributed by atoms with van der Waals surface area (Å²) in [6, 6.07) is 5.10. The summed E-state index contributed by atoms with van der Waals surface area (Å²) in [5, 5.41) is 2.76. The molecule has 0 unspecified atom stereocenters. The van der Waals surface area contributed by atoms with Gasteiger partial charge in [-0.3, -0.25) is 4.79 Å². The van der Waals surface area contributed by atoms with Gasteiger partial charge in [0.2, 0.25) is 0 Å². The molecule has 0 saturated carbocycles. The molecule has 1 aromatic rings. The maximum absolute atomic E-state index is 11.8. The van der Waals surface area contributed by atoms with Crippen LogP contribution >= 0.6 is 0 Å². The van der Waals surface area contributed by atoms with Gasteiger partial charge in [0.15, 0.2) is 5.75 Å². The van der Waals surface area contributed by atoms with Crippen LogP contribution in [0, 0.1) is 0 Å². The van der Waals surface area contributed by atoms with Crippen LogP contribution in [-0.2, 0) is 0 Å². The minimum Gasteiger partial charge on any atom is -0.494 e. The van der Waals surface area contributed by atoms with Crippen LogP contribution in [0.4, 0.5) is 5.69 Å². The van der Waals surface area contributed by atoms with E-state index >= 15 is 0 Å². The van der Waals surface area contributed by atoms with Crippen LogP contribution in [0.5, 0.6) is 5.75 Å². The number of anilines is 1. The Morgan fingerprint density at radius 3 is 3.00 bits per heavy atom. The first-order valence-corrected chi connectivity index (χ1v) is 5.02. The van der Waals surface area contributed by atoms with E-state index in [1.54, 1.807) is 24.3 Å². The van der Waals surface area contributed by atoms with Gasteiger partial charge in [0.1, 0.15) is 0 Å². The molecular formula is C12H16N2O2. The van der Waals surface area contributed by atoms with Gasteiger partial charge in [-0.15, -0.1) is 6.58 Å². The van der Waals surface area contributed by atoms with Crippen LogP contribution in [0.15, 0.2) is 30.9 Å². The lowest BCUT2D eigenvalue weighted by Gasteiger charge is -2.10. The molecule has 0 aliphatic carbocycles. The summed E-state index contributed by atoms with van der Waals surface area (Å²) >= 11 is 0. The molecule has 0 aliphatic heterocycles. The Morgan fingerprint density at radius 1 is 1.62 bits per heavy atom. The molecule has 1 rings (SSSR count). The fourth-order valence-electron chi connectivity index (χ4n) is 1.34. The number of methoxy groups -OCH3 is 1. The maximum atomic E-state index is 11.8. The van der Waals surface area contributed by atoms with Crippen molar-refractivity contribution in [2.75, 3.05) is 19.4 Å². The van der Waals surface area contributed by atoms with E-state index in [2.05, 4.69) is 11.9 Å². The Morgan fingerprint density at radius 2 is 2.38 bits per heavy atom. The average Bonchev–Trinajstić information content (AvgIpc) is 2.29. The number of nitrogen functional groups attached to an aromatic ring is 1. The van der Waals surface area contributed by atoms with Crippen molar-refractivity contribution in [3.05, 3.63) is 36.4 Å². The van der Waals surface area contributed by atoms with Crippen molar-refractivity contribution in [3.8, 4) is 5.75 Å². The zero-order valence-electron chi connectivity index (χ0n) is 9.32. The first-order valence-electron chi connectivity index (χ1n) is 5.02. The lowest BCUT2D eigenvalue weighted by molar-refractivity contribution is 0.0951. The van der Waals surface area contributed by atoms with Crippen LogP contribution in [0.1, 0.15) is 16.8 Å². The average molecular weight is 220 g/mol. The van der Waals surface area contributed by atoms with Crippen molar-refractivity contribution < 1.29 is 9.53 Å². The Labute approximate surface area is 95.1 Å². The lowest BCUT2D eigenvalue weighted by Crippen LogP contribution is -2.24. The molecule has 3 N–H and O–H groups in total. The number of hydrogen-bond acceptors (Lipinski definition) is 3. The van der Waals surface area contributed by atoms with Crippen molar-refractivity contribution in [3.63, 3.8) is 0 Å². The van der Waals surface area contributed by atoms with Gasteiger partial charge in [0, 0.05) is 6.54 Å². The van der Waals surface area contributed by atoms with Crippen molar-refractivity contribution in [1.82, 2.24) is 5.32 Å². The molecular weight excluding hydrogens is 204 g/mol. The molecule has 1 amide bonds. The van der Waals surface area contributed by atoms with Crippen LogP contribution < -0.4 is 15.8 Å². The highest BCUT2D eigenvalue weighted by Gasteiger charge is 2.13. The van der Waals surface area contributed by atoms with E-state index < -0.39 is 0 Å². The van der Waals surface area contributed by atoms with Gasteiger partial charge >= 0.3 is 0 Å². The van der Waals surface area contributed by atoms with E-state index in [1.807, 2.05) is 0 Å². The molecule has 0 atom stereocenters. The molecule has 4 nitrogen and oxygen atoms in total. The molecule has 0 fully saturated rings. The second-order valence-corrected chi connectivity index (χ2v) is 3.26. The molecule has 0 radical (unpaired) electrons. The van der Waals surface area contributed by atoms with Crippen molar-refractivity contribution in [2.24, 2.45) is 0 Å². The molecule has 0 heterocycles. The monoisotopic (exact) mass is 220 g/mol. The number of carbonyl (C=O) groups is 1. The number of nitrogens with one attached hydrogen (secondary N) is 1. The number of rotatable bonds is 5. The highest BCUT2D eigenvalue weighted by Crippen LogP contribution is 2.25. The van der Waals surface area contributed by atoms with Crippen molar-refractivity contribution in [2.45, 2.75) is 6.42 Å². The smallest absolute Gasteiger partial charge is 0.255 e. The number of amides is 1. The van der Waals surface area contributed by atoms with E-state index in [-0.39, 0.29) is 5.91 Å². The third kappa shape index (κ3) is 2.76. The van der Waals surface area contributed by atoms with Gasteiger partial charge in [0.25, 0.3) is 5.91 Å². The highest BCUT2D eigenvalue weighted by atomic mass is 16.5. The quantitative estimate of drug-likeness (QED) is 0.450. The summed E-state index contributed by atoms with van der Waals surface area (Å²) in [5.41, 5.74) is 6.61. The summed E-state index contributed by atoms with van der Waals surface area (Å²) in [6.07, 6.45) is 2.48. The SMILES string of the molecule is C=CCCNC(=O)c1cccc(N)c1OC. The van der Waals surface area contributed by atoms with E-state index in [0.717, 1.165) is 6.42 Å². The van der Waals surface area contributed by atoms with Gasteiger partial charge in [-0.05, 0) is 18.6 Å². The Balaban J connectivity index is 2.82. The third-order valence-corrected chi connectivity index (χ3v) is 2.13. The van der Waals surface area contributed by atoms with Gasteiger partial charge < -0.3 is 15.8 Å². The summed E-state index contributed by atoms with van der Waals surface area (Å²) in [6.45, 7) is 4.14. The van der Waals surface area contributed by atoms with Crippen LogP contribution in [-0.4, -0.2) is 19.6 Å². The molecule has 0 aliphatic rings. The molecule has 4 heteroatoms. The van der Waals surface area contributed by atoms with E-state index in [4.69, 9.17) is 10.5 Å². The molecule has 86 valence electrons. The van der Waals surface area contributed by atoms with Crippen LogP contribution in [0.2, 0.25) is 0 Å². The predicted octanol–water partition coefficient (Wildman–Crippen LogP) is 1.58. The molecule has 1 aromatic carbocycles. The highest BCUT2D eigenvalue weighted by molar-refractivity contribution is 5.98. The Hall–Kier alpha value is -1.97. The summed E-state index contributed by atoms with van der Waals surface area (Å²) in [5.74, 6) is 0.226. The number of para-hydroxylation sites is 1.